The van der Waals surface area contributed by atoms with Crippen molar-refractivity contribution in [3.05, 3.63) is 35.6 Å². The van der Waals surface area contributed by atoms with Crippen LogP contribution in [-0.4, -0.2) is 35.8 Å². The van der Waals surface area contributed by atoms with Crippen molar-refractivity contribution in [2.45, 2.75) is 18.6 Å². The van der Waals surface area contributed by atoms with Crippen LogP contribution in [0.5, 0.6) is 0 Å². The van der Waals surface area contributed by atoms with Crippen LogP contribution in [-0.2, 0) is 0 Å². The Balaban J connectivity index is 2.34. The molecule has 0 aliphatic carbocycles. The van der Waals surface area contributed by atoms with Gasteiger partial charge in [0.15, 0.2) is 0 Å². The summed E-state index contributed by atoms with van der Waals surface area (Å²) in [5.74, 6) is -0.415. The molecule has 96 valence electrons. The highest BCUT2D eigenvalue weighted by Gasteiger charge is 2.16. The summed E-state index contributed by atoms with van der Waals surface area (Å²) in [5.41, 5.74) is 0.477. The fourth-order valence-corrected chi connectivity index (χ4v) is 1.26. The molecular weight excluding hydrogens is 235 g/mol. The topological polar surface area (TPSA) is 52.5 Å². The lowest BCUT2D eigenvalue weighted by molar-refractivity contribution is -0.00463. The minimum absolute atomic E-state index is 0.00934. The van der Waals surface area contributed by atoms with Crippen LogP contribution in [0.2, 0.25) is 0 Å². The van der Waals surface area contributed by atoms with Crippen molar-refractivity contribution in [2.75, 3.05) is 13.1 Å². The highest BCUT2D eigenvalue weighted by molar-refractivity contribution is 5.18. The lowest BCUT2D eigenvalue weighted by Gasteiger charge is -2.14. The van der Waals surface area contributed by atoms with E-state index in [1.165, 1.54) is 24.3 Å². The number of benzene rings is 1. The number of aliphatic hydroxyl groups is 2. The van der Waals surface area contributed by atoms with E-state index in [2.05, 4.69) is 5.32 Å². The largest absolute Gasteiger partial charge is 0.387 e. The summed E-state index contributed by atoms with van der Waals surface area (Å²) in [6.07, 6.45) is -5.50. The molecule has 0 aromatic heterocycles. The van der Waals surface area contributed by atoms with Crippen LogP contribution in [0, 0.1) is 5.82 Å². The van der Waals surface area contributed by atoms with Crippen LogP contribution in [0.3, 0.4) is 0 Å². The average molecular weight is 249 g/mol. The summed E-state index contributed by atoms with van der Waals surface area (Å²) in [4.78, 5) is 0. The second kappa shape index (κ2) is 6.58. The maximum atomic E-state index is 12.6. The lowest BCUT2D eigenvalue weighted by Crippen LogP contribution is -2.34. The van der Waals surface area contributed by atoms with Gasteiger partial charge in [-0.05, 0) is 17.7 Å². The molecule has 17 heavy (non-hydrogen) atoms. The number of hydrogen-bond donors (Lipinski definition) is 3. The molecule has 0 radical (unpaired) electrons. The van der Waals surface area contributed by atoms with Gasteiger partial charge in [0, 0.05) is 13.1 Å². The first-order valence-corrected chi connectivity index (χ1v) is 5.11. The Labute approximate surface area is 96.9 Å². The Kier molecular flexibility index (Phi) is 5.40. The third kappa shape index (κ3) is 4.72. The van der Waals surface area contributed by atoms with Gasteiger partial charge in [-0.3, -0.25) is 0 Å². The molecule has 1 rings (SSSR count). The van der Waals surface area contributed by atoms with E-state index in [-0.39, 0.29) is 13.1 Å². The molecule has 0 aliphatic rings. The van der Waals surface area contributed by atoms with Crippen LogP contribution in [0.25, 0.3) is 0 Å². The van der Waals surface area contributed by atoms with Crippen LogP contribution >= 0.6 is 0 Å². The molecule has 0 saturated heterocycles. The van der Waals surface area contributed by atoms with Gasteiger partial charge in [-0.2, -0.15) is 0 Å². The van der Waals surface area contributed by atoms with E-state index < -0.39 is 24.5 Å². The number of nitrogens with one attached hydrogen (secondary N) is 1. The first-order chi connectivity index (χ1) is 8.00. The van der Waals surface area contributed by atoms with Gasteiger partial charge in [0.1, 0.15) is 11.9 Å². The molecule has 0 aliphatic heterocycles. The number of aliphatic hydroxyl groups excluding tert-OH is 2. The summed E-state index contributed by atoms with van der Waals surface area (Å²) >= 11 is 0. The summed E-state index contributed by atoms with van der Waals surface area (Å²) in [7, 11) is 0. The fraction of sp³-hybridized carbons (Fsp3) is 0.455. The zero-order valence-corrected chi connectivity index (χ0v) is 8.98. The minimum atomic E-state index is -2.81. The molecule has 0 spiro atoms. The molecule has 2 atom stereocenters. The second-order valence-corrected chi connectivity index (χ2v) is 3.63. The predicted octanol–water partition coefficient (Wildman–Crippen LogP) is 1.07. The van der Waals surface area contributed by atoms with Crippen LogP contribution in [0.1, 0.15) is 11.7 Å². The standard InChI is InChI=1S/C11H14F3NO2/c12-8-3-1-7(2-4-8)9(16)5-15-6-10(17)11(13)14/h1-4,9-11,15-17H,5-6H2. The van der Waals surface area contributed by atoms with Crippen molar-refractivity contribution in [2.24, 2.45) is 0 Å². The van der Waals surface area contributed by atoms with Crippen LogP contribution in [0.4, 0.5) is 13.2 Å². The number of hydrogen-bond acceptors (Lipinski definition) is 3. The fourth-order valence-electron chi connectivity index (χ4n) is 1.26. The molecule has 0 bridgehead atoms. The third-order valence-electron chi connectivity index (χ3n) is 2.24. The van der Waals surface area contributed by atoms with E-state index in [9.17, 15) is 18.3 Å². The van der Waals surface area contributed by atoms with Gasteiger partial charge in [0.05, 0.1) is 6.10 Å². The SMILES string of the molecule is OC(CNCC(O)C(F)F)c1ccc(F)cc1. The van der Waals surface area contributed by atoms with Crippen LogP contribution in [0.15, 0.2) is 24.3 Å². The second-order valence-electron chi connectivity index (χ2n) is 3.63. The molecule has 0 fully saturated rings. The van der Waals surface area contributed by atoms with Crippen molar-refractivity contribution in [1.29, 1.82) is 0 Å². The zero-order chi connectivity index (χ0) is 12.8. The number of halogens is 3. The van der Waals surface area contributed by atoms with Gasteiger partial charge in [0.2, 0.25) is 0 Å². The summed E-state index contributed by atoms with van der Waals surface area (Å²) < 4.78 is 36.4. The van der Waals surface area contributed by atoms with Gasteiger partial charge >= 0.3 is 0 Å². The Morgan fingerprint density at radius 2 is 1.65 bits per heavy atom. The molecule has 1 aromatic carbocycles. The van der Waals surface area contributed by atoms with E-state index in [1.807, 2.05) is 0 Å². The third-order valence-corrected chi connectivity index (χ3v) is 2.24. The molecule has 6 heteroatoms. The number of rotatable bonds is 6. The zero-order valence-electron chi connectivity index (χ0n) is 8.98. The van der Waals surface area contributed by atoms with E-state index in [4.69, 9.17) is 5.11 Å². The summed E-state index contributed by atoms with van der Waals surface area (Å²) in [6, 6.07) is 5.22. The normalized spacial score (nSPS) is 14.9. The maximum absolute atomic E-state index is 12.6. The van der Waals surface area contributed by atoms with Crippen molar-refractivity contribution in [3.63, 3.8) is 0 Å². The molecule has 1 aromatic rings. The van der Waals surface area contributed by atoms with Gasteiger partial charge in [0.25, 0.3) is 6.43 Å². The van der Waals surface area contributed by atoms with Crippen molar-refractivity contribution < 1.29 is 23.4 Å². The average Bonchev–Trinajstić information content (AvgIpc) is 2.29. The molecule has 3 nitrogen and oxygen atoms in total. The maximum Gasteiger partial charge on any atom is 0.265 e. The van der Waals surface area contributed by atoms with Gasteiger partial charge < -0.3 is 15.5 Å². The Morgan fingerprint density at radius 3 is 2.18 bits per heavy atom. The van der Waals surface area contributed by atoms with Crippen molar-refractivity contribution >= 4 is 0 Å². The molecular formula is C11H14F3NO2. The van der Waals surface area contributed by atoms with E-state index in [0.717, 1.165) is 0 Å². The van der Waals surface area contributed by atoms with Crippen LogP contribution < -0.4 is 5.32 Å². The Morgan fingerprint density at radius 1 is 1.06 bits per heavy atom. The van der Waals surface area contributed by atoms with Gasteiger partial charge in [-0.1, -0.05) is 12.1 Å². The smallest absolute Gasteiger partial charge is 0.265 e. The lowest BCUT2D eigenvalue weighted by atomic mass is 10.1. The number of alkyl halides is 2. The van der Waals surface area contributed by atoms with Gasteiger partial charge in [-0.25, -0.2) is 13.2 Å². The highest BCUT2D eigenvalue weighted by Crippen LogP contribution is 2.12. The Hall–Kier alpha value is -1.11. The molecule has 3 N–H and O–H groups in total. The van der Waals surface area contributed by atoms with E-state index in [1.54, 1.807) is 0 Å². The molecule has 0 heterocycles. The van der Waals surface area contributed by atoms with Crippen molar-refractivity contribution in [1.82, 2.24) is 5.32 Å². The van der Waals surface area contributed by atoms with Gasteiger partial charge in [-0.15, -0.1) is 0 Å². The van der Waals surface area contributed by atoms with E-state index >= 15 is 0 Å². The Bertz CT molecular complexity index is 332. The molecule has 2 unspecified atom stereocenters. The quantitative estimate of drug-likeness (QED) is 0.707. The van der Waals surface area contributed by atoms with E-state index in [0.29, 0.717) is 5.56 Å². The first-order valence-electron chi connectivity index (χ1n) is 5.11. The molecule has 0 amide bonds. The first kappa shape index (κ1) is 14.0. The highest BCUT2D eigenvalue weighted by atomic mass is 19.3. The monoisotopic (exact) mass is 249 g/mol. The molecule has 0 saturated carbocycles. The minimum Gasteiger partial charge on any atom is -0.387 e. The predicted molar refractivity (Wildman–Crippen MR) is 56.2 cm³/mol. The summed E-state index contributed by atoms with van der Waals surface area (Å²) in [5, 5.41) is 20.9. The van der Waals surface area contributed by atoms with Crippen molar-refractivity contribution in [3.8, 4) is 0 Å². The summed E-state index contributed by atoms with van der Waals surface area (Å²) in [6.45, 7) is -0.300.